The van der Waals surface area contributed by atoms with Crippen molar-refractivity contribution in [3.63, 3.8) is 0 Å². The second kappa shape index (κ2) is 11.0. The third-order valence-corrected chi connectivity index (χ3v) is 4.12. The average Bonchev–Trinajstić information content (AvgIpc) is 2.70. The van der Waals surface area contributed by atoms with Crippen LogP contribution < -0.4 is 14.8 Å². The van der Waals surface area contributed by atoms with Gasteiger partial charge in [0.1, 0.15) is 11.5 Å². The number of esters is 1. The van der Waals surface area contributed by atoms with Crippen LogP contribution in [0.4, 0.5) is 11.4 Å². The average molecular weight is 437 g/mol. The van der Waals surface area contributed by atoms with Gasteiger partial charge >= 0.3 is 5.97 Å². The lowest BCUT2D eigenvalue weighted by Crippen LogP contribution is -2.30. The number of carbonyl (C=O) groups is 2. The van der Waals surface area contributed by atoms with E-state index in [0.29, 0.717) is 12.4 Å². The molecule has 0 aliphatic heterocycles. The summed E-state index contributed by atoms with van der Waals surface area (Å²) in [5, 5.41) is 13.2. The number of rotatable bonds is 10. The van der Waals surface area contributed by atoms with Gasteiger partial charge in [0, 0.05) is 12.1 Å². The van der Waals surface area contributed by atoms with Crippen LogP contribution in [0.3, 0.4) is 0 Å². The van der Waals surface area contributed by atoms with Crippen molar-refractivity contribution in [3.8, 4) is 11.5 Å². The molecule has 10 heteroatoms. The van der Waals surface area contributed by atoms with Crippen molar-refractivity contribution in [3.05, 3.63) is 57.6 Å². The van der Waals surface area contributed by atoms with Gasteiger partial charge in [0.25, 0.3) is 11.6 Å². The van der Waals surface area contributed by atoms with E-state index in [1.807, 2.05) is 6.92 Å². The van der Waals surface area contributed by atoms with Crippen molar-refractivity contribution in [2.24, 2.45) is 0 Å². The molecule has 9 nitrogen and oxygen atoms in total. The molecule has 1 N–H and O–H groups in total. The van der Waals surface area contributed by atoms with E-state index < -0.39 is 22.9 Å². The Morgan fingerprint density at radius 3 is 2.33 bits per heavy atom. The summed E-state index contributed by atoms with van der Waals surface area (Å²) < 4.78 is 15.9. The Hall–Kier alpha value is -3.33. The van der Waals surface area contributed by atoms with Crippen LogP contribution in [0.15, 0.2) is 42.5 Å². The fourth-order valence-electron chi connectivity index (χ4n) is 2.31. The quantitative estimate of drug-likeness (QED) is 0.340. The molecule has 1 amide bonds. The third-order valence-electron chi connectivity index (χ3n) is 3.81. The van der Waals surface area contributed by atoms with Crippen molar-refractivity contribution in [2.45, 2.75) is 26.4 Å². The summed E-state index contributed by atoms with van der Waals surface area (Å²) in [7, 11) is 0. The lowest BCUT2D eigenvalue weighted by atomic mass is 10.2. The van der Waals surface area contributed by atoms with Crippen molar-refractivity contribution >= 4 is 34.9 Å². The van der Waals surface area contributed by atoms with E-state index in [0.717, 1.165) is 11.8 Å². The molecule has 0 aliphatic carbocycles. The number of hydrogen-bond donors (Lipinski definition) is 1. The normalized spacial score (nSPS) is 11.3. The van der Waals surface area contributed by atoms with E-state index in [2.05, 4.69) is 5.32 Å². The molecule has 1 atom stereocenters. The Morgan fingerprint density at radius 2 is 1.77 bits per heavy atom. The topological polar surface area (TPSA) is 117 Å². The van der Waals surface area contributed by atoms with Crippen LogP contribution in [0.2, 0.25) is 5.02 Å². The van der Waals surface area contributed by atoms with Gasteiger partial charge in [-0.05, 0) is 44.2 Å². The number of nitrogens with zero attached hydrogens (tertiary/aromatic N) is 1. The van der Waals surface area contributed by atoms with Gasteiger partial charge < -0.3 is 19.5 Å². The zero-order chi connectivity index (χ0) is 22.1. The van der Waals surface area contributed by atoms with Crippen molar-refractivity contribution in [1.29, 1.82) is 0 Å². The predicted molar refractivity (Wildman–Crippen MR) is 110 cm³/mol. The minimum absolute atomic E-state index is 0.000156. The number of nitro benzene ring substituents is 1. The van der Waals surface area contributed by atoms with Gasteiger partial charge in [0.2, 0.25) is 0 Å². The molecule has 2 aromatic carbocycles. The Kier molecular flexibility index (Phi) is 8.42. The van der Waals surface area contributed by atoms with Crippen LogP contribution in [0, 0.1) is 10.1 Å². The maximum absolute atomic E-state index is 12.2. The summed E-state index contributed by atoms with van der Waals surface area (Å²) in [6, 6.07) is 10.6. The lowest BCUT2D eigenvalue weighted by Gasteiger charge is -2.14. The number of non-ortho nitro benzene ring substituents is 1. The van der Waals surface area contributed by atoms with Crippen LogP contribution in [0.1, 0.15) is 20.3 Å². The fourth-order valence-corrected chi connectivity index (χ4v) is 2.54. The Morgan fingerprint density at radius 1 is 1.13 bits per heavy atom. The summed E-state index contributed by atoms with van der Waals surface area (Å²) in [6.45, 7) is 3.93. The van der Waals surface area contributed by atoms with E-state index in [-0.39, 0.29) is 29.4 Å². The standard InChI is InChI=1S/C20H21ClN2O7/c1-3-28-15-5-7-16(8-6-15)29-11-10-19(24)30-13(2)20(25)22-18-9-4-14(23(26)27)12-17(18)21/h4-9,12-13H,3,10-11H2,1-2H3,(H,22,25). The molecule has 30 heavy (non-hydrogen) atoms. The largest absolute Gasteiger partial charge is 0.494 e. The number of halogens is 1. The number of nitrogens with one attached hydrogen (secondary N) is 1. The van der Waals surface area contributed by atoms with Gasteiger partial charge in [0.15, 0.2) is 6.10 Å². The molecular weight excluding hydrogens is 416 g/mol. The maximum atomic E-state index is 12.2. The minimum Gasteiger partial charge on any atom is -0.494 e. The summed E-state index contributed by atoms with van der Waals surface area (Å²) in [5.74, 6) is 0.0620. The highest BCUT2D eigenvalue weighted by atomic mass is 35.5. The molecule has 1 unspecified atom stereocenters. The zero-order valence-corrected chi connectivity index (χ0v) is 17.2. The summed E-state index contributed by atoms with van der Waals surface area (Å²) in [6.07, 6.45) is -1.14. The molecule has 0 aromatic heterocycles. The second-order valence-electron chi connectivity index (χ2n) is 6.05. The summed E-state index contributed by atoms with van der Waals surface area (Å²) in [4.78, 5) is 34.2. The Labute approximate surface area is 178 Å². The highest BCUT2D eigenvalue weighted by Gasteiger charge is 2.19. The minimum atomic E-state index is -1.09. The molecular formula is C20H21ClN2O7. The zero-order valence-electron chi connectivity index (χ0n) is 16.4. The van der Waals surface area contributed by atoms with E-state index in [9.17, 15) is 19.7 Å². The van der Waals surface area contributed by atoms with Gasteiger partial charge in [0.05, 0.1) is 35.3 Å². The molecule has 0 spiro atoms. The van der Waals surface area contributed by atoms with Gasteiger partial charge in [-0.1, -0.05) is 11.6 Å². The SMILES string of the molecule is CCOc1ccc(OCCC(=O)OC(C)C(=O)Nc2ccc([N+](=O)[O-])cc2Cl)cc1. The first-order valence-corrected chi connectivity index (χ1v) is 9.48. The molecule has 0 heterocycles. The predicted octanol–water partition coefficient (Wildman–Crippen LogP) is 3.99. The van der Waals surface area contributed by atoms with Crippen LogP contribution >= 0.6 is 11.6 Å². The van der Waals surface area contributed by atoms with Crippen LogP contribution in [0.5, 0.6) is 11.5 Å². The molecule has 0 radical (unpaired) electrons. The smallest absolute Gasteiger partial charge is 0.310 e. The molecule has 0 bridgehead atoms. The second-order valence-corrected chi connectivity index (χ2v) is 6.45. The maximum Gasteiger partial charge on any atom is 0.310 e. The molecule has 0 saturated heterocycles. The van der Waals surface area contributed by atoms with E-state index in [1.54, 1.807) is 24.3 Å². The van der Waals surface area contributed by atoms with Gasteiger partial charge in [-0.15, -0.1) is 0 Å². The molecule has 0 aliphatic rings. The van der Waals surface area contributed by atoms with E-state index >= 15 is 0 Å². The number of carbonyl (C=O) groups excluding carboxylic acids is 2. The van der Waals surface area contributed by atoms with Crippen molar-refractivity contribution in [1.82, 2.24) is 0 Å². The number of nitro groups is 1. The van der Waals surface area contributed by atoms with Crippen LogP contribution in [-0.2, 0) is 14.3 Å². The third kappa shape index (κ3) is 6.93. The van der Waals surface area contributed by atoms with Gasteiger partial charge in [-0.3, -0.25) is 19.7 Å². The first kappa shape index (κ1) is 23.0. The van der Waals surface area contributed by atoms with Crippen LogP contribution in [0.25, 0.3) is 0 Å². The summed E-state index contributed by atoms with van der Waals surface area (Å²) in [5.41, 5.74) is -0.0287. The summed E-state index contributed by atoms with van der Waals surface area (Å²) >= 11 is 5.93. The number of amides is 1. The molecule has 0 saturated carbocycles. The molecule has 2 aromatic rings. The number of benzene rings is 2. The monoisotopic (exact) mass is 436 g/mol. The number of anilines is 1. The van der Waals surface area contributed by atoms with Crippen molar-refractivity contribution in [2.75, 3.05) is 18.5 Å². The highest BCUT2D eigenvalue weighted by molar-refractivity contribution is 6.34. The van der Waals surface area contributed by atoms with Gasteiger partial charge in [-0.25, -0.2) is 0 Å². The highest BCUT2D eigenvalue weighted by Crippen LogP contribution is 2.26. The van der Waals surface area contributed by atoms with Crippen LogP contribution in [-0.4, -0.2) is 36.1 Å². The van der Waals surface area contributed by atoms with E-state index in [4.69, 9.17) is 25.8 Å². The Bertz CT molecular complexity index is 903. The van der Waals surface area contributed by atoms with E-state index in [1.165, 1.54) is 19.1 Å². The Balaban J connectivity index is 1.77. The first-order valence-electron chi connectivity index (χ1n) is 9.10. The molecule has 2 rings (SSSR count). The van der Waals surface area contributed by atoms with Gasteiger partial charge in [-0.2, -0.15) is 0 Å². The number of hydrogen-bond acceptors (Lipinski definition) is 7. The lowest BCUT2D eigenvalue weighted by molar-refractivity contribution is -0.384. The first-order chi connectivity index (χ1) is 14.3. The molecule has 160 valence electrons. The fraction of sp³-hybridized carbons (Fsp3) is 0.300. The number of ether oxygens (including phenoxy) is 3. The molecule has 0 fully saturated rings. The van der Waals surface area contributed by atoms with Crippen molar-refractivity contribution < 1.29 is 28.7 Å².